The van der Waals surface area contributed by atoms with Crippen molar-refractivity contribution < 1.29 is 9.59 Å². The van der Waals surface area contributed by atoms with E-state index in [4.69, 9.17) is 10.5 Å². The summed E-state index contributed by atoms with van der Waals surface area (Å²) in [5.41, 5.74) is 3.53. The van der Waals surface area contributed by atoms with E-state index in [1.807, 2.05) is 66.7 Å². The molecular weight excluding hydrogens is 432 g/mol. The molecule has 3 aromatic rings. The fraction of sp³-hybridized carbons (Fsp3) is 0.154. The van der Waals surface area contributed by atoms with Crippen molar-refractivity contribution in [3.63, 3.8) is 0 Å². The average molecular weight is 455 g/mol. The van der Waals surface area contributed by atoms with Gasteiger partial charge >= 0.3 is 0 Å². The van der Waals surface area contributed by atoms with Gasteiger partial charge in [0.1, 0.15) is 5.25 Å². The molecule has 0 unspecified atom stereocenters. The second-order valence-electron chi connectivity index (χ2n) is 7.91. The molecule has 1 fully saturated rings. The fourth-order valence-corrected chi connectivity index (χ4v) is 5.15. The molecule has 0 spiro atoms. The zero-order valence-corrected chi connectivity index (χ0v) is 18.6. The van der Waals surface area contributed by atoms with E-state index in [2.05, 4.69) is 0 Å². The Balaban J connectivity index is 1.39. The molecule has 2 atom stereocenters. The molecule has 2 aliphatic rings. The van der Waals surface area contributed by atoms with E-state index in [1.54, 1.807) is 29.3 Å². The minimum Gasteiger partial charge on any atom is -0.277 e. The van der Waals surface area contributed by atoms with Crippen molar-refractivity contribution in [1.82, 2.24) is 5.01 Å². The minimum absolute atomic E-state index is 0.0693. The van der Waals surface area contributed by atoms with Gasteiger partial charge in [-0.05, 0) is 23.3 Å². The highest BCUT2D eigenvalue weighted by atomic mass is 32.2. The third-order valence-corrected chi connectivity index (χ3v) is 6.85. The first-order valence-electron chi connectivity index (χ1n) is 10.8. The van der Waals surface area contributed by atoms with Gasteiger partial charge in [-0.2, -0.15) is 5.10 Å². The number of carbonyl (C=O) groups is 2. The minimum atomic E-state index is -0.641. The van der Waals surface area contributed by atoms with Crippen molar-refractivity contribution in [3.8, 4) is 0 Å². The molecule has 164 valence electrons. The Morgan fingerprint density at radius 3 is 2.12 bits per heavy atom. The first kappa shape index (κ1) is 21.2. The Morgan fingerprint density at radius 2 is 1.45 bits per heavy atom. The molecule has 2 aliphatic heterocycles. The molecule has 0 aromatic heterocycles. The maximum atomic E-state index is 13.0. The molecular formula is C26H22N4O2S. The van der Waals surface area contributed by atoms with Gasteiger partial charge in [0.15, 0.2) is 5.17 Å². The van der Waals surface area contributed by atoms with Crippen LogP contribution < -0.4 is 4.90 Å². The predicted molar refractivity (Wildman–Crippen MR) is 131 cm³/mol. The highest BCUT2D eigenvalue weighted by molar-refractivity contribution is 8.14. The molecule has 5 rings (SSSR count). The van der Waals surface area contributed by atoms with E-state index < -0.39 is 5.25 Å². The number of nitrogens with one attached hydrogen (secondary N) is 1. The van der Waals surface area contributed by atoms with Gasteiger partial charge in [-0.3, -0.25) is 15.0 Å². The van der Waals surface area contributed by atoms with Crippen molar-refractivity contribution in [1.29, 1.82) is 5.41 Å². The lowest BCUT2D eigenvalue weighted by atomic mass is 9.99. The number of thioether (sulfide) groups is 1. The van der Waals surface area contributed by atoms with Crippen molar-refractivity contribution in [2.24, 2.45) is 5.10 Å². The number of imide groups is 1. The molecule has 3 aromatic carbocycles. The quantitative estimate of drug-likeness (QED) is 0.348. The Kier molecular flexibility index (Phi) is 5.79. The van der Waals surface area contributed by atoms with Gasteiger partial charge in [0.25, 0.3) is 0 Å². The lowest BCUT2D eigenvalue weighted by molar-refractivity contribution is -0.121. The number of hydrazone groups is 1. The maximum Gasteiger partial charge on any atom is 0.247 e. The third kappa shape index (κ3) is 4.19. The van der Waals surface area contributed by atoms with Gasteiger partial charge < -0.3 is 0 Å². The van der Waals surface area contributed by atoms with Gasteiger partial charge in [0.2, 0.25) is 11.8 Å². The molecule has 2 heterocycles. The summed E-state index contributed by atoms with van der Waals surface area (Å²) in [5.74, 6) is -0.533. The predicted octanol–water partition coefficient (Wildman–Crippen LogP) is 4.84. The molecule has 6 nitrogen and oxygen atoms in total. The highest BCUT2D eigenvalue weighted by Gasteiger charge is 2.42. The van der Waals surface area contributed by atoms with Crippen molar-refractivity contribution in [2.45, 2.75) is 24.1 Å². The van der Waals surface area contributed by atoms with Crippen LogP contribution in [0.4, 0.5) is 5.69 Å². The maximum absolute atomic E-state index is 13.0. The second kappa shape index (κ2) is 9.03. The van der Waals surface area contributed by atoms with E-state index in [1.165, 1.54) is 4.90 Å². The van der Waals surface area contributed by atoms with Gasteiger partial charge in [0, 0.05) is 12.8 Å². The topological polar surface area (TPSA) is 76.8 Å². The standard InChI is InChI=1S/C26H22N4O2S/c27-26(33-23-17-24(31)29(25(23)32)20-14-8-3-9-15-20)30-22(19-12-6-2-7-13-19)16-21(28-30)18-10-4-1-5-11-18/h1-15,22-23,27H,16-17H2/t22-,23+/m1/s1. The van der Waals surface area contributed by atoms with E-state index in [0.29, 0.717) is 12.1 Å². The third-order valence-electron chi connectivity index (χ3n) is 5.78. The monoisotopic (exact) mass is 454 g/mol. The summed E-state index contributed by atoms with van der Waals surface area (Å²) >= 11 is 1.10. The van der Waals surface area contributed by atoms with E-state index in [-0.39, 0.29) is 29.4 Å². The number of nitrogens with zero attached hydrogens (tertiary/aromatic N) is 3. The van der Waals surface area contributed by atoms with Crippen molar-refractivity contribution >= 4 is 40.1 Å². The number of carbonyl (C=O) groups excluding carboxylic acids is 2. The van der Waals surface area contributed by atoms with Crippen LogP contribution >= 0.6 is 11.8 Å². The van der Waals surface area contributed by atoms with E-state index >= 15 is 0 Å². The summed E-state index contributed by atoms with van der Waals surface area (Å²) in [7, 11) is 0. The van der Waals surface area contributed by atoms with Gasteiger partial charge in [-0.15, -0.1) is 0 Å². The first-order chi connectivity index (χ1) is 16.1. The Bertz CT molecular complexity index is 1210. The molecule has 0 aliphatic carbocycles. The fourth-order valence-electron chi connectivity index (χ4n) is 4.17. The van der Waals surface area contributed by atoms with Crippen LogP contribution in [0.15, 0.2) is 96.1 Å². The van der Waals surface area contributed by atoms with Crippen LogP contribution in [0, 0.1) is 5.41 Å². The molecule has 0 bridgehead atoms. The van der Waals surface area contributed by atoms with Crippen LogP contribution in [0.3, 0.4) is 0 Å². The molecule has 0 radical (unpaired) electrons. The van der Waals surface area contributed by atoms with Crippen LogP contribution in [0.1, 0.15) is 30.0 Å². The second-order valence-corrected chi connectivity index (χ2v) is 9.10. The summed E-state index contributed by atoms with van der Waals surface area (Å²) in [6.45, 7) is 0. The number of anilines is 1. The van der Waals surface area contributed by atoms with Crippen molar-refractivity contribution in [3.05, 3.63) is 102 Å². The van der Waals surface area contributed by atoms with Crippen LogP contribution in [-0.4, -0.2) is 33.0 Å². The number of hydrogen-bond donors (Lipinski definition) is 1. The molecule has 33 heavy (non-hydrogen) atoms. The van der Waals surface area contributed by atoms with Gasteiger partial charge in [-0.25, -0.2) is 9.91 Å². The van der Waals surface area contributed by atoms with Gasteiger partial charge in [-0.1, -0.05) is 90.6 Å². The lowest BCUT2D eigenvalue weighted by Crippen LogP contribution is -2.32. The molecule has 7 heteroatoms. The number of benzene rings is 3. The van der Waals surface area contributed by atoms with Crippen LogP contribution in [0.25, 0.3) is 0 Å². The Labute approximate surface area is 196 Å². The van der Waals surface area contributed by atoms with E-state index in [0.717, 1.165) is 28.6 Å². The lowest BCUT2D eigenvalue weighted by Gasteiger charge is -2.24. The van der Waals surface area contributed by atoms with Crippen LogP contribution in [0.2, 0.25) is 0 Å². The highest BCUT2D eigenvalue weighted by Crippen LogP contribution is 2.37. The summed E-state index contributed by atoms with van der Waals surface area (Å²) in [4.78, 5) is 26.9. The van der Waals surface area contributed by atoms with Crippen molar-refractivity contribution in [2.75, 3.05) is 4.90 Å². The number of para-hydroxylation sites is 1. The largest absolute Gasteiger partial charge is 0.277 e. The summed E-state index contributed by atoms with van der Waals surface area (Å²) in [6, 6.07) is 28.7. The first-order valence-corrected chi connectivity index (χ1v) is 11.6. The van der Waals surface area contributed by atoms with Crippen LogP contribution in [-0.2, 0) is 9.59 Å². The number of amidine groups is 1. The Morgan fingerprint density at radius 1 is 0.848 bits per heavy atom. The molecule has 0 saturated carbocycles. The molecule has 1 saturated heterocycles. The summed E-state index contributed by atoms with van der Waals surface area (Å²) in [5, 5.41) is 14.8. The zero-order valence-electron chi connectivity index (χ0n) is 17.8. The molecule has 2 amide bonds. The number of hydrogen-bond acceptors (Lipinski definition) is 5. The number of amides is 2. The average Bonchev–Trinajstić information content (AvgIpc) is 3.42. The zero-order chi connectivity index (χ0) is 22.8. The summed E-state index contributed by atoms with van der Waals surface area (Å²) in [6.07, 6.45) is 0.727. The Hall–Kier alpha value is -3.71. The summed E-state index contributed by atoms with van der Waals surface area (Å²) < 4.78 is 0. The SMILES string of the molecule is N=C(S[C@H]1CC(=O)N(c2ccccc2)C1=O)N1N=C(c2ccccc2)C[C@@H]1c1ccccc1. The molecule has 1 N–H and O–H groups in total. The van der Waals surface area contributed by atoms with Gasteiger partial charge in [0.05, 0.1) is 17.4 Å². The van der Waals surface area contributed by atoms with E-state index in [9.17, 15) is 9.59 Å². The van der Waals surface area contributed by atoms with Crippen LogP contribution in [0.5, 0.6) is 0 Å². The number of rotatable bonds is 4. The normalized spacial score (nSPS) is 20.3. The smallest absolute Gasteiger partial charge is 0.247 e.